The van der Waals surface area contributed by atoms with E-state index in [4.69, 9.17) is 0 Å². The topological polar surface area (TPSA) is 62.3 Å². The Bertz CT molecular complexity index is 433. The first-order chi connectivity index (χ1) is 8.16. The third-order valence-electron chi connectivity index (χ3n) is 2.57. The third kappa shape index (κ3) is 2.77. The van der Waals surface area contributed by atoms with Crippen molar-refractivity contribution in [2.24, 2.45) is 0 Å². The molecule has 1 aromatic heterocycles. The van der Waals surface area contributed by atoms with Gasteiger partial charge in [-0.05, 0) is 12.1 Å². The number of carbonyl (C=O) groups excluding carboxylic acids is 2. The summed E-state index contributed by atoms with van der Waals surface area (Å²) in [5, 5.41) is 2.68. The molecule has 0 spiro atoms. The second kappa shape index (κ2) is 4.90. The van der Waals surface area contributed by atoms with Gasteiger partial charge in [0.25, 0.3) is 5.91 Å². The first-order valence-electron chi connectivity index (χ1n) is 5.34. The molecule has 1 fully saturated rings. The number of nitrogens with one attached hydrogen (secondary N) is 1. The molecule has 0 saturated carbocycles. The van der Waals surface area contributed by atoms with E-state index in [9.17, 15) is 14.0 Å². The molecule has 1 saturated heterocycles. The van der Waals surface area contributed by atoms with Gasteiger partial charge in [-0.1, -0.05) is 0 Å². The summed E-state index contributed by atoms with van der Waals surface area (Å²) in [5.41, 5.74) is 0.334. The Balaban J connectivity index is 2.08. The quantitative estimate of drug-likeness (QED) is 0.709. The van der Waals surface area contributed by atoms with Gasteiger partial charge in [-0.2, -0.15) is 4.39 Å². The Morgan fingerprint density at radius 2 is 2.24 bits per heavy atom. The smallest absolute Gasteiger partial charge is 0.255 e. The standard InChI is InChI=1S/C11H12FN3O2/c12-9-2-1-8(7-14-9)11(17)15-5-3-10(16)13-4-6-15/h1-2,7H,3-6H2,(H,13,16). The lowest BCUT2D eigenvalue weighted by atomic mass is 10.2. The molecule has 0 radical (unpaired) electrons. The van der Waals surface area contributed by atoms with Crippen LogP contribution in [0.15, 0.2) is 18.3 Å². The van der Waals surface area contributed by atoms with E-state index in [1.807, 2.05) is 0 Å². The van der Waals surface area contributed by atoms with Crippen LogP contribution in [0.5, 0.6) is 0 Å². The lowest BCUT2D eigenvalue weighted by Crippen LogP contribution is -2.34. The number of halogens is 1. The van der Waals surface area contributed by atoms with Crippen LogP contribution in [-0.4, -0.2) is 41.3 Å². The highest BCUT2D eigenvalue weighted by molar-refractivity contribution is 5.94. The fourth-order valence-corrected chi connectivity index (χ4v) is 1.65. The number of hydrogen-bond acceptors (Lipinski definition) is 3. The molecule has 1 aromatic rings. The maximum absolute atomic E-state index is 12.6. The van der Waals surface area contributed by atoms with Gasteiger partial charge in [-0.15, -0.1) is 0 Å². The first kappa shape index (κ1) is 11.5. The highest BCUT2D eigenvalue weighted by Gasteiger charge is 2.19. The number of amides is 2. The average Bonchev–Trinajstić information content (AvgIpc) is 2.54. The van der Waals surface area contributed by atoms with Crippen molar-refractivity contribution in [2.45, 2.75) is 6.42 Å². The first-order valence-corrected chi connectivity index (χ1v) is 5.34. The maximum atomic E-state index is 12.6. The molecular weight excluding hydrogens is 225 g/mol. The Morgan fingerprint density at radius 3 is 2.94 bits per heavy atom. The van der Waals surface area contributed by atoms with E-state index in [2.05, 4.69) is 10.3 Å². The summed E-state index contributed by atoms with van der Waals surface area (Å²) in [4.78, 5) is 28.1. The molecule has 6 heteroatoms. The van der Waals surface area contributed by atoms with Crippen LogP contribution in [0.1, 0.15) is 16.8 Å². The number of nitrogens with zero attached hydrogens (tertiary/aromatic N) is 2. The minimum atomic E-state index is -0.616. The minimum Gasteiger partial charge on any atom is -0.354 e. The number of carbonyl (C=O) groups is 2. The molecule has 0 aromatic carbocycles. The van der Waals surface area contributed by atoms with Crippen molar-refractivity contribution in [3.63, 3.8) is 0 Å². The van der Waals surface area contributed by atoms with E-state index in [0.717, 1.165) is 6.07 Å². The van der Waals surface area contributed by atoms with E-state index in [1.165, 1.54) is 12.3 Å². The Kier molecular flexibility index (Phi) is 3.32. The molecule has 2 heterocycles. The normalized spacial score (nSPS) is 16.3. The van der Waals surface area contributed by atoms with Crippen molar-refractivity contribution in [1.29, 1.82) is 0 Å². The lowest BCUT2D eigenvalue weighted by Gasteiger charge is -2.19. The van der Waals surface area contributed by atoms with Gasteiger partial charge in [0.05, 0.1) is 5.56 Å². The molecule has 0 aliphatic carbocycles. The van der Waals surface area contributed by atoms with Gasteiger partial charge in [0.2, 0.25) is 11.9 Å². The summed E-state index contributed by atoms with van der Waals surface area (Å²) in [6.45, 7) is 1.28. The van der Waals surface area contributed by atoms with E-state index in [-0.39, 0.29) is 11.8 Å². The zero-order chi connectivity index (χ0) is 12.3. The zero-order valence-electron chi connectivity index (χ0n) is 9.15. The number of aromatic nitrogens is 1. The van der Waals surface area contributed by atoms with Crippen molar-refractivity contribution in [2.75, 3.05) is 19.6 Å². The van der Waals surface area contributed by atoms with Crippen LogP contribution in [-0.2, 0) is 4.79 Å². The molecule has 0 atom stereocenters. The Hall–Kier alpha value is -1.98. The van der Waals surface area contributed by atoms with Crippen LogP contribution >= 0.6 is 0 Å². The van der Waals surface area contributed by atoms with Gasteiger partial charge < -0.3 is 10.2 Å². The molecule has 1 aliphatic rings. The van der Waals surface area contributed by atoms with Gasteiger partial charge in [0, 0.05) is 32.3 Å². The molecule has 5 nitrogen and oxygen atoms in total. The number of rotatable bonds is 1. The van der Waals surface area contributed by atoms with E-state index in [1.54, 1.807) is 4.90 Å². The number of hydrogen-bond donors (Lipinski definition) is 1. The average molecular weight is 237 g/mol. The second-order valence-corrected chi connectivity index (χ2v) is 3.76. The number of pyridine rings is 1. The van der Waals surface area contributed by atoms with Crippen LogP contribution in [0.3, 0.4) is 0 Å². The SMILES string of the molecule is O=C1CCN(C(=O)c2ccc(F)nc2)CCN1. The largest absolute Gasteiger partial charge is 0.354 e. The van der Waals surface area contributed by atoms with Crippen LogP contribution in [0, 0.1) is 5.95 Å². The van der Waals surface area contributed by atoms with Gasteiger partial charge in [0.15, 0.2) is 0 Å². The summed E-state index contributed by atoms with van der Waals surface area (Å²) in [7, 11) is 0. The predicted octanol–water partition coefficient (Wildman–Crippen LogP) is 0.183. The molecule has 1 aliphatic heterocycles. The molecule has 2 amide bonds. The third-order valence-corrected chi connectivity index (χ3v) is 2.57. The van der Waals surface area contributed by atoms with E-state index in [0.29, 0.717) is 31.6 Å². The maximum Gasteiger partial charge on any atom is 0.255 e. The van der Waals surface area contributed by atoms with Crippen molar-refractivity contribution in [1.82, 2.24) is 15.2 Å². The minimum absolute atomic E-state index is 0.0578. The van der Waals surface area contributed by atoms with Crippen LogP contribution < -0.4 is 5.32 Å². The van der Waals surface area contributed by atoms with Crippen molar-refractivity contribution in [3.05, 3.63) is 29.8 Å². The molecular formula is C11H12FN3O2. The van der Waals surface area contributed by atoms with Gasteiger partial charge in [0.1, 0.15) is 0 Å². The summed E-state index contributed by atoms with van der Waals surface area (Å²) >= 11 is 0. The summed E-state index contributed by atoms with van der Waals surface area (Å²) in [5.74, 6) is -0.902. The molecule has 2 rings (SSSR count). The van der Waals surface area contributed by atoms with E-state index < -0.39 is 5.95 Å². The zero-order valence-corrected chi connectivity index (χ0v) is 9.15. The predicted molar refractivity (Wildman–Crippen MR) is 57.7 cm³/mol. The van der Waals surface area contributed by atoms with Gasteiger partial charge in [-0.3, -0.25) is 9.59 Å². The van der Waals surface area contributed by atoms with E-state index >= 15 is 0 Å². The second-order valence-electron chi connectivity index (χ2n) is 3.76. The lowest BCUT2D eigenvalue weighted by molar-refractivity contribution is -0.120. The Morgan fingerprint density at radius 1 is 1.41 bits per heavy atom. The van der Waals surface area contributed by atoms with Crippen LogP contribution in [0.25, 0.3) is 0 Å². The summed E-state index contributed by atoms with van der Waals surface area (Å²) < 4.78 is 12.6. The van der Waals surface area contributed by atoms with Crippen molar-refractivity contribution >= 4 is 11.8 Å². The van der Waals surface area contributed by atoms with Gasteiger partial charge in [-0.25, -0.2) is 4.98 Å². The molecule has 17 heavy (non-hydrogen) atoms. The molecule has 90 valence electrons. The monoisotopic (exact) mass is 237 g/mol. The van der Waals surface area contributed by atoms with Crippen LogP contribution in [0.2, 0.25) is 0 Å². The van der Waals surface area contributed by atoms with Crippen molar-refractivity contribution < 1.29 is 14.0 Å². The van der Waals surface area contributed by atoms with Crippen LogP contribution in [0.4, 0.5) is 4.39 Å². The summed E-state index contributed by atoms with van der Waals surface area (Å²) in [6.07, 6.45) is 1.50. The fourth-order valence-electron chi connectivity index (χ4n) is 1.65. The fraction of sp³-hybridized carbons (Fsp3) is 0.364. The molecule has 0 bridgehead atoms. The summed E-state index contributed by atoms with van der Waals surface area (Å²) in [6, 6.07) is 2.54. The van der Waals surface area contributed by atoms with Gasteiger partial charge >= 0.3 is 0 Å². The molecule has 1 N–H and O–H groups in total. The molecule has 0 unspecified atom stereocenters. The van der Waals surface area contributed by atoms with Crippen molar-refractivity contribution in [3.8, 4) is 0 Å². The highest BCUT2D eigenvalue weighted by atomic mass is 19.1. The highest BCUT2D eigenvalue weighted by Crippen LogP contribution is 2.06. The Labute approximate surface area is 97.6 Å².